The van der Waals surface area contributed by atoms with Gasteiger partial charge in [0, 0.05) is 33.2 Å². The smallest absolute Gasteiger partial charge is 0.352 e. The van der Waals surface area contributed by atoms with Gasteiger partial charge in [-0.25, -0.2) is 23.1 Å². The van der Waals surface area contributed by atoms with Gasteiger partial charge in [0.05, 0.1) is 10.5 Å². The second-order valence-electron chi connectivity index (χ2n) is 6.50. The minimum atomic E-state index is -4.61. The van der Waals surface area contributed by atoms with Crippen molar-refractivity contribution in [3.8, 4) is 0 Å². The number of nitrogens with zero attached hydrogens (tertiary/aromatic N) is 7. The zero-order valence-electron chi connectivity index (χ0n) is 15.2. The van der Waals surface area contributed by atoms with Crippen LogP contribution in [-0.2, 0) is 23.2 Å². The standard InChI is InChI=1S/C16H16F3N7O2S/c1-24-14-13(22-23-24)15(21-10-20-14)25-5-7-26(8-6-25)29(27,28)12-4-2-3-11(9-12)16(17,18)19/h2-4,9-10H,5-8H2,1H3. The van der Waals surface area contributed by atoms with E-state index in [1.54, 1.807) is 7.05 Å². The highest BCUT2D eigenvalue weighted by Gasteiger charge is 2.34. The summed E-state index contributed by atoms with van der Waals surface area (Å²) in [6.45, 7) is 0.816. The van der Waals surface area contributed by atoms with Gasteiger partial charge in [-0.1, -0.05) is 11.3 Å². The van der Waals surface area contributed by atoms with Crippen LogP contribution in [0.4, 0.5) is 19.0 Å². The Kier molecular flexibility index (Phi) is 4.65. The molecule has 0 bridgehead atoms. The third kappa shape index (κ3) is 3.51. The number of hydrogen-bond acceptors (Lipinski definition) is 7. The molecule has 3 aromatic rings. The second-order valence-corrected chi connectivity index (χ2v) is 8.44. The third-order valence-corrected chi connectivity index (χ3v) is 6.60. The van der Waals surface area contributed by atoms with E-state index in [0.717, 1.165) is 12.1 Å². The van der Waals surface area contributed by atoms with Crippen LogP contribution < -0.4 is 4.90 Å². The van der Waals surface area contributed by atoms with Crippen LogP contribution in [0.1, 0.15) is 5.56 Å². The molecule has 9 nitrogen and oxygen atoms in total. The molecule has 29 heavy (non-hydrogen) atoms. The minimum Gasteiger partial charge on any atom is -0.352 e. The zero-order valence-corrected chi connectivity index (χ0v) is 16.0. The van der Waals surface area contributed by atoms with Crippen molar-refractivity contribution in [3.05, 3.63) is 36.2 Å². The molecule has 1 aromatic carbocycles. The summed E-state index contributed by atoms with van der Waals surface area (Å²) in [6, 6.07) is 3.77. The number of halogens is 3. The van der Waals surface area contributed by atoms with Gasteiger partial charge in [0.1, 0.15) is 6.33 Å². The summed E-state index contributed by atoms with van der Waals surface area (Å²) >= 11 is 0. The maximum Gasteiger partial charge on any atom is 0.416 e. The maximum atomic E-state index is 12.9. The second kappa shape index (κ2) is 6.91. The fourth-order valence-corrected chi connectivity index (χ4v) is 4.66. The van der Waals surface area contributed by atoms with E-state index < -0.39 is 21.8 Å². The fraction of sp³-hybridized carbons (Fsp3) is 0.375. The number of alkyl halides is 3. The number of sulfonamides is 1. The van der Waals surface area contributed by atoms with Crippen LogP contribution in [0.2, 0.25) is 0 Å². The molecule has 2 aromatic heterocycles. The Morgan fingerprint density at radius 1 is 1.07 bits per heavy atom. The molecule has 1 aliphatic heterocycles. The number of aromatic nitrogens is 5. The monoisotopic (exact) mass is 427 g/mol. The van der Waals surface area contributed by atoms with Gasteiger partial charge in [-0.15, -0.1) is 5.10 Å². The first-order valence-electron chi connectivity index (χ1n) is 8.60. The van der Waals surface area contributed by atoms with Crippen molar-refractivity contribution in [3.63, 3.8) is 0 Å². The molecule has 1 fully saturated rings. The molecule has 4 rings (SSSR count). The highest BCUT2D eigenvalue weighted by molar-refractivity contribution is 7.89. The first-order valence-corrected chi connectivity index (χ1v) is 10.0. The van der Waals surface area contributed by atoms with Gasteiger partial charge >= 0.3 is 6.18 Å². The fourth-order valence-electron chi connectivity index (χ4n) is 3.19. The van der Waals surface area contributed by atoms with E-state index in [2.05, 4.69) is 20.3 Å². The molecule has 0 spiro atoms. The first kappa shape index (κ1) is 19.5. The molecule has 1 aliphatic rings. The summed E-state index contributed by atoms with van der Waals surface area (Å²) < 4.78 is 67.1. The van der Waals surface area contributed by atoms with Gasteiger partial charge in [-0.05, 0) is 18.2 Å². The Bertz CT molecular complexity index is 1150. The highest BCUT2D eigenvalue weighted by atomic mass is 32.2. The van der Waals surface area contributed by atoms with E-state index in [1.807, 2.05) is 4.90 Å². The van der Waals surface area contributed by atoms with Crippen LogP contribution in [0, 0.1) is 0 Å². The number of anilines is 1. The summed E-state index contributed by atoms with van der Waals surface area (Å²) in [5, 5.41) is 7.96. The van der Waals surface area contributed by atoms with Crippen molar-refractivity contribution in [2.45, 2.75) is 11.1 Å². The summed E-state index contributed by atoms with van der Waals surface area (Å²) in [5.41, 5.74) is 0.0569. The van der Waals surface area contributed by atoms with Crippen molar-refractivity contribution in [2.75, 3.05) is 31.1 Å². The Hall–Kier alpha value is -2.80. The molecule has 0 N–H and O–H groups in total. The van der Waals surface area contributed by atoms with Crippen molar-refractivity contribution >= 4 is 27.0 Å². The number of fused-ring (bicyclic) bond motifs is 1. The Morgan fingerprint density at radius 2 is 1.79 bits per heavy atom. The van der Waals surface area contributed by atoms with Crippen molar-refractivity contribution in [1.29, 1.82) is 0 Å². The quantitative estimate of drug-likeness (QED) is 0.621. The summed E-state index contributed by atoms with van der Waals surface area (Å²) in [4.78, 5) is 9.84. The van der Waals surface area contributed by atoms with Gasteiger partial charge in [0.2, 0.25) is 10.0 Å². The van der Waals surface area contributed by atoms with Crippen LogP contribution >= 0.6 is 0 Å². The lowest BCUT2D eigenvalue weighted by atomic mass is 10.2. The summed E-state index contributed by atoms with van der Waals surface area (Å²) in [7, 11) is -2.35. The molecule has 0 atom stereocenters. The van der Waals surface area contributed by atoms with Gasteiger partial charge in [-0.2, -0.15) is 17.5 Å². The third-order valence-electron chi connectivity index (χ3n) is 4.71. The van der Waals surface area contributed by atoms with E-state index in [-0.39, 0.29) is 18.0 Å². The molecule has 154 valence electrons. The lowest BCUT2D eigenvalue weighted by Gasteiger charge is -2.34. The van der Waals surface area contributed by atoms with E-state index in [0.29, 0.717) is 36.1 Å². The van der Waals surface area contributed by atoms with Gasteiger partial charge in [0.25, 0.3) is 0 Å². The lowest BCUT2D eigenvalue weighted by molar-refractivity contribution is -0.137. The molecule has 3 heterocycles. The van der Waals surface area contributed by atoms with Crippen LogP contribution in [-0.4, -0.2) is 63.9 Å². The number of piperazine rings is 1. The average Bonchev–Trinajstić information content (AvgIpc) is 3.09. The number of benzene rings is 1. The SMILES string of the molecule is Cn1nnc2c(N3CCN(S(=O)(=O)c4cccc(C(F)(F)F)c4)CC3)ncnc21. The van der Waals surface area contributed by atoms with Crippen LogP contribution in [0.5, 0.6) is 0 Å². The topological polar surface area (TPSA) is 97.1 Å². The molecule has 0 amide bonds. The van der Waals surface area contributed by atoms with Crippen LogP contribution in [0.3, 0.4) is 0 Å². The Balaban J connectivity index is 1.55. The van der Waals surface area contributed by atoms with Gasteiger partial charge in [-0.3, -0.25) is 0 Å². The normalized spacial score (nSPS) is 16.5. The molecule has 13 heteroatoms. The Labute approximate surface area is 163 Å². The van der Waals surface area contributed by atoms with E-state index in [4.69, 9.17) is 0 Å². The predicted molar refractivity (Wildman–Crippen MR) is 96.5 cm³/mol. The summed E-state index contributed by atoms with van der Waals surface area (Å²) in [6.07, 6.45) is -3.23. The lowest BCUT2D eigenvalue weighted by Crippen LogP contribution is -2.49. The number of aryl methyl sites for hydroxylation is 1. The highest BCUT2D eigenvalue weighted by Crippen LogP contribution is 2.31. The van der Waals surface area contributed by atoms with Gasteiger partial charge in [0.15, 0.2) is 17.0 Å². The molecular weight excluding hydrogens is 411 g/mol. The van der Waals surface area contributed by atoms with Crippen molar-refractivity contribution in [1.82, 2.24) is 29.3 Å². The largest absolute Gasteiger partial charge is 0.416 e. The molecule has 0 unspecified atom stereocenters. The molecule has 0 radical (unpaired) electrons. The molecule has 0 aliphatic carbocycles. The number of rotatable bonds is 3. The maximum absolute atomic E-state index is 12.9. The first-order chi connectivity index (χ1) is 13.7. The minimum absolute atomic E-state index is 0.102. The average molecular weight is 427 g/mol. The van der Waals surface area contributed by atoms with Crippen molar-refractivity contribution < 1.29 is 21.6 Å². The summed E-state index contributed by atoms with van der Waals surface area (Å²) in [5.74, 6) is 0.541. The van der Waals surface area contributed by atoms with E-state index in [1.165, 1.54) is 21.4 Å². The Morgan fingerprint density at radius 3 is 2.48 bits per heavy atom. The molecule has 0 saturated carbocycles. The zero-order chi connectivity index (χ0) is 20.8. The van der Waals surface area contributed by atoms with Crippen LogP contribution in [0.25, 0.3) is 11.2 Å². The number of hydrogen-bond donors (Lipinski definition) is 0. The van der Waals surface area contributed by atoms with Crippen molar-refractivity contribution in [2.24, 2.45) is 7.05 Å². The predicted octanol–water partition coefficient (Wildman–Crippen LogP) is 1.29. The van der Waals surface area contributed by atoms with Gasteiger partial charge < -0.3 is 4.90 Å². The van der Waals surface area contributed by atoms with Crippen LogP contribution in [0.15, 0.2) is 35.5 Å². The molecular formula is C16H16F3N7O2S. The molecule has 1 saturated heterocycles. The van der Waals surface area contributed by atoms with E-state index in [9.17, 15) is 21.6 Å². The van der Waals surface area contributed by atoms with E-state index >= 15 is 0 Å².